The quantitative estimate of drug-likeness (QED) is 0.802. The van der Waals surface area contributed by atoms with Gasteiger partial charge in [-0.3, -0.25) is 4.90 Å². The van der Waals surface area contributed by atoms with Crippen molar-refractivity contribution in [1.29, 1.82) is 0 Å². The first-order valence-corrected chi connectivity index (χ1v) is 7.31. The molecular formula is C15H23ClF2N2O2. The van der Waals surface area contributed by atoms with Crippen molar-refractivity contribution in [3.8, 4) is 5.75 Å². The Kier molecular flexibility index (Phi) is 8.63. The van der Waals surface area contributed by atoms with E-state index in [-0.39, 0.29) is 30.8 Å². The van der Waals surface area contributed by atoms with E-state index in [2.05, 4.69) is 15.0 Å². The molecule has 2 rings (SSSR count). The molecule has 0 spiro atoms. The number of benzene rings is 1. The highest BCUT2D eigenvalue weighted by molar-refractivity contribution is 5.85. The van der Waals surface area contributed by atoms with E-state index in [1.807, 2.05) is 6.07 Å². The number of nitrogens with one attached hydrogen (secondary N) is 1. The van der Waals surface area contributed by atoms with Crippen molar-refractivity contribution in [2.24, 2.45) is 0 Å². The number of piperazine rings is 1. The normalized spacial score (nSPS) is 17.1. The first-order valence-electron chi connectivity index (χ1n) is 7.31. The van der Waals surface area contributed by atoms with Gasteiger partial charge in [-0.25, -0.2) is 0 Å². The summed E-state index contributed by atoms with van der Waals surface area (Å²) in [7, 11) is 0. The monoisotopic (exact) mass is 336 g/mol. The number of halogens is 3. The second-order valence-corrected chi connectivity index (χ2v) is 5.12. The Bertz CT molecular complexity index is 432. The van der Waals surface area contributed by atoms with Crippen LogP contribution >= 0.6 is 12.4 Å². The van der Waals surface area contributed by atoms with Gasteiger partial charge in [0.05, 0.1) is 0 Å². The second-order valence-electron chi connectivity index (χ2n) is 5.12. The van der Waals surface area contributed by atoms with Gasteiger partial charge in [0.15, 0.2) is 0 Å². The Morgan fingerprint density at radius 3 is 2.64 bits per heavy atom. The van der Waals surface area contributed by atoms with E-state index in [1.165, 1.54) is 6.07 Å². The lowest BCUT2D eigenvalue weighted by atomic mass is 9.99. The maximum Gasteiger partial charge on any atom is 0.387 e. The molecule has 1 fully saturated rings. The molecule has 0 aliphatic carbocycles. The smallest absolute Gasteiger partial charge is 0.387 e. The van der Waals surface area contributed by atoms with Gasteiger partial charge in [-0.2, -0.15) is 8.78 Å². The highest BCUT2D eigenvalue weighted by atomic mass is 35.5. The van der Waals surface area contributed by atoms with Crippen LogP contribution in [0.3, 0.4) is 0 Å². The van der Waals surface area contributed by atoms with Crippen molar-refractivity contribution in [2.45, 2.75) is 25.5 Å². The highest BCUT2D eigenvalue weighted by Crippen LogP contribution is 2.29. The molecule has 0 bridgehead atoms. The molecule has 0 radical (unpaired) electrons. The third-order valence-corrected chi connectivity index (χ3v) is 3.70. The van der Waals surface area contributed by atoms with Crippen molar-refractivity contribution < 1.29 is 18.6 Å². The van der Waals surface area contributed by atoms with Crippen LogP contribution in [0, 0.1) is 0 Å². The van der Waals surface area contributed by atoms with Gasteiger partial charge >= 0.3 is 6.61 Å². The Labute approximate surface area is 135 Å². The first-order chi connectivity index (χ1) is 10.2. The first kappa shape index (κ1) is 19.1. The third kappa shape index (κ3) is 5.68. The minimum atomic E-state index is -2.81. The number of aliphatic hydroxyl groups excluding tert-OH is 1. The van der Waals surface area contributed by atoms with Crippen molar-refractivity contribution >= 4 is 12.4 Å². The standard InChI is InChI=1S/C15H22F2N2O2.ClH/c16-15(17)21-13-4-1-3-12(11-13)14(5-2-10-20)19-8-6-18-7-9-19;/h1,3-4,11,14-15,18,20H,2,5-10H2;1H/t14-;/m1./s1. The zero-order valence-corrected chi connectivity index (χ0v) is 13.2. The fraction of sp³-hybridized carbons (Fsp3) is 0.600. The summed E-state index contributed by atoms with van der Waals surface area (Å²) < 4.78 is 29.2. The SMILES string of the molecule is Cl.OCCC[C@H](c1cccc(OC(F)F)c1)N1CCNCC1. The summed E-state index contributed by atoms with van der Waals surface area (Å²) in [6.45, 7) is 0.989. The van der Waals surface area contributed by atoms with Crippen LogP contribution < -0.4 is 10.1 Å². The number of aliphatic hydroxyl groups is 1. The van der Waals surface area contributed by atoms with Gasteiger partial charge in [0.1, 0.15) is 5.75 Å². The minimum Gasteiger partial charge on any atom is -0.435 e. The Morgan fingerprint density at radius 1 is 1.27 bits per heavy atom. The van der Waals surface area contributed by atoms with Crippen molar-refractivity contribution in [3.63, 3.8) is 0 Å². The molecule has 1 heterocycles. The summed E-state index contributed by atoms with van der Waals surface area (Å²) in [4.78, 5) is 2.33. The highest BCUT2D eigenvalue weighted by Gasteiger charge is 2.22. The van der Waals surface area contributed by atoms with Crippen molar-refractivity contribution in [2.75, 3.05) is 32.8 Å². The molecule has 1 saturated heterocycles. The Hall–Kier alpha value is -0.950. The summed E-state index contributed by atoms with van der Waals surface area (Å²) in [5.74, 6) is 0.187. The van der Waals surface area contributed by atoms with Gasteiger partial charge in [0.2, 0.25) is 0 Å². The molecule has 0 amide bonds. The van der Waals surface area contributed by atoms with Crippen LogP contribution in [0.2, 0.25) is 0 Å². The fourth-order valence-corrected chi connectivity index (χ4v) is 2.74. The summed E-state index contributed by atoms with van der Waals surface area (Å²) in [6, 6.07) is 7.01. The van der Waals surface area contributed by atoms with E-state index >= 15 is 0 Å². The maximum absolute atomic E-state index is 12.3. The number of ether oxygens (including phenoxy) is 1. The molecule has 1 atom stereocenters. The van der Waals surface area contributed by atoms with Crippen molar-refractivity contribution in [3.05, 3.63) is 29.8 Å². The number of hydrogen-bond donors (Lipinski definition) is 2. The lowest BCUT2D eigenvalue weighted by molar-refractivity contribution is -0.0499. The predicted octanol–water partition coefficient (Wildman–Crippen LogP) is 2.43. The molecular weight excluding hydrogens is 314 g/mol. The van der Waals surface area contributed by atoms with Gasteiger partial charge in [-0.05, 0) is 30.5 Å². The van der Waals surface area contributed by atoms with Gasteiger partial charge in [0, 0.05) is 38.8 Å². The van der Waals surface area contributed by atoms with Gasteiger partial charge < -0.3 is 15.2 Å². The number of hydrogen-bond acceptors (Lipinski definition) is 4. The summed E-state index contributed by atoms with van der Waals surface area (Å²) >= 11 is 0. The number of alkyl halides is 2. The van der Waals surface area contributed by atoms with Crippen LogP contribution in [-0.2, 0) is 0 Å². The fourth-order valence-electron chi connectivity index (χ4n) is 2.74. The van der Waals surface area contributed by atoms with Gasteiger partial charge in [-0.15, -0.1) is 12.4 Å². The van der Waals surface area contributed by atoms with Crippen LogP contribution in [0.15, 0.2) is 24.3 Å². The predicted molar refractivity (Wildman–Crippen MR) is 83.8 cm³/mol. The number of rotatable bonds is 7. The molecule has 1 aliphatic heterocycles. The van der Waals surface area contributed by atoms with Crippen LogP contribution in [-0.4, -0.2) is 49.4 Å². The van der Waals surface area contributed by atoms with Crippen LogP contribution in [0.1, 0.15) is 24.4 Å². The molecule has 7 heteroatoms. The molecule has 0 aromatic heterocycles. The summed E-state index contributed by atoms with van der Waals surface area (Å²) in [5.41, 5.74) is 0.962. The molecule has 0 saturated carbocycles. The Morgan fingerprint density at radius 2 is 2.00 bits per heavy atom. The molecule has 4 nitrogen and oxygen atoms in total. The molecule has 22 heavy (non-hydrogen) atoms. The maximum atomic E-state index is 12.3. The van der Waals surface area contributed by atoms with E-state index < -0.39 is 6.61 Å². The summed E-state index contributed by atoms with van der Waals surface area (Å²) in [6.07, 6.45) is 1.49. The van der Waals surface area contributed by atoms with Crippen LogP contribution in [0.5, 0.6) is 5.75 Å². The third-order valence-electron chi connectivity index (χ3n) is 3.70. The summed E-state index contributed by atoms with van der Waals surface area (Å²) in [5, 5.41) is 12.4. The zero-order valence-electron chi connectivity index (χ0n) is 12.4. The van der Waals surface area contributed by atoms with Gasteiger partial charge in [0.25, 0.3) is 0 Å². The lowest BCUT2D eigenvalue weighted by Gasteiger charge is -2.35. The van der Waals surface area contributed by atoms with E-state index in [0.29, 0.717) is 6.42 Å². The largest absolute Gasteiger partial charge is 0.435 e. The van der Waals surface area contributed by atoms with Crippen LogP contribution in [0.25, 0.3) is 0 Å². The second kappa shape index (κ2) is 9.94. The van der Waals surface area contributed by atoms with E-state index in [9.17, 15) is 8.78 Å². The van der Waals surface area contributed by atoms with Crippen LogP contribution in [0.4, 0.5) is 8.78 Å². The average Bonchev–Trinajstić information content (AvgIpc) is 2.48. The van der Waals surface area contributed by atoms with E-state index in [0.717, 1.165) is 38.2 Å². The topological polar surface area (TPSA) is 44.7 Å². The van der Waals surface area contributed by atoms with Crippen molar-refractivity contribution in [1.82, 2.24) is 10.2 Å². The molecule has 1 aliphatic rings. The van der Waals surface area contributed by atoms with Gasteiger partial charge in [-0.1, -0.05) is 12.1 Å². The minimum absolute atomic E-state index is 0. The molecule has 0 unspecified atom stereocenters. The average molecular weight is 337 g/mol. The van der Waals surface area contributed by atoms with E-state index in [1.54, 1.807) is 12.1 Å². The number of nitrogens with zero attached hydrogens (tertiary/aromatic N) is 1. The zero-order chi connectivity index (χ0) is 15.1. The Balaban J connectivity index is 0.00000242. The van der Waals surface area contributed by atoms with E-state index in [4.69, 9.17) is 5.11 Å². The molecule has 1 aromatic carbocycles. The molecule has 2 N–H and O–H groups in total. The lowest BCUT2D eigenvalue weighted by Crippen LogP contribution is -2.45. The molecule has 1 aromatic rings. The molecule has 126 valence electrons.